The topological polar surface area (TPSA) is 111 Å². The molecule has 0 atom stereocenters. The summed E-state index contributed by atoms with van der Waals surface area (Å²) in [4.78, 5) is 35.7. The van der Waals surface area contributed by atoms with E-state index >= 15 is 0 Å². The number of nitro groups is 1. The number of anilines is 1. The van der Waals surface area contributed by atoms with Gasteiger partial charge in [0.1, 0.15) is 5.57 Å². The van der Waals surface area contributed by atoms with Crippen LogP contribution in [-0.2, 0) is 9.59 Å². The van der Waals surface area contributed by atoms with Crippen LogP contribution in [0.5, 0.6) is 11.5 Å². The number of rotatable bonds is 3. The molecule has 0 saturated carbocycles. The number of ether oxygens (including phenoxy) is 2. The Morgan fingerprint density at radius 3 is 2.48 bits per heavy atom. The highest BCUT2D eigenvalue weighted by Gasteiger charge is 2.35. The van der Waals surface area contributed by atoms with Crippen LogP contribution in [0.2, 0.25) is 0 Å². The van der Waals surface area contributed by atoms with Crippen LogP contribution in [0.4, 0.5) is 11.4 Å². The van der Waals surface area contributed by atoms with E-state index in [0.29, 0.717) is 11.4 Å². The minimum atomic E-state index is -0.658. The van der Waals surface area contributed by atoms with Crippen molar-refractivity contribution in [2.24, 2.45) is 0 Å². The summed E-state index contributed by atoms with van der Waals surface area (Å²) in [5, 5.41) is 12.4. The molecule has 0 unspecified atom stereocenters. The molecule has 0 radical (unpaired) electrons. The van der Waals surface area contributed by atoms with Crippen molar-refractivity contribution < 1.29 is 24.0 Å². The quantitative estimate of drug-likeness (QED) is 0.346. The van der Waals surface area contributed by atoms with Crippen molar-refractivity contribution >= 4 is 45.2 Å². The Hall–Kier alpha value is -3.40. The van der Waals surface area contributed by atoms with Crippen LogP contribution in [-0.4, -0.2) is 23.5 Å². The van der Waals surface area contributed by atoms with E-state index in [4.69, 9.17) is 9.47 Å². The van der Waals surface area contributed by atoms with E-state index in [-0.39, 0.29) is 29.4 Å². The third-order valence-corrected chi connectivity index (χ3v) is 4.52. The molecule has 1 N–H and O–H groups in total. The van der Waals surface area contributed by atoms with Gasteiger partial charge in [-0.25, -0.2) is 5.01 Å². The number of hydrazine groups is 1. The molecule has 0 spiro atoms. The van der Waals surface area contributed by atoms with E-state index in [2.05, 4.69) is 21.4 Å². The molecule has 2 heterocycles. The zero-order valence-electron chi connectivity index (χ0n) is 13.5. The van der Waals surface area contributed by atoms with Gasteiger partial charge in [-0.1, -0.05) is 15.9 Å². The molecular weight excluding hydrogens is 422 g/mol. The highest BCUT2D eigenvalue weighted by Crippen LogP contribution is 2.39. The molecule has 2 aromatic rings. The second-order valence-corrected chi connectivity index (χ2v) is 6.55. The van der Waals surface area contributed by atoms with Crippen molar-refractivity contribution in [2.75, 3.05) is 11.8 Å². The van der Waals surface area contributed by atoms with Gasteiger partial charge >= 0.3 is 0 Å². The van der Waals surface area contributed by atoms with E-state index < -0.39 is 16.7 Å². The maximum Gasteiger partial charge on any atom is 0.282 e. The van der Waals surface area contributed by atoms with Crippen LogP contribution in [0.15, 0.2) is 46.4 Å². The second-order valence-electron chi connectivity index (χ2n) is 5.64. The summed E-state index contributed by atoms with van der Waals surface area (Å²) >= 11 is 3.30. The van der Waals surface area contributed by atoms with Gasteiger partial charge in [0.25, 0.3) is 17.5 Å². The van der Waals surface area contributed by atoms with Gasteiger partial charge in [0, 0.05) is 4.47 Å². The Morgan fingerprint density at radius 2 is 1.81 bits per heavy atom. The van der Waals surface area contributed by atoms with Crippen molar-refractivity contribution in [3.8, 4) is 11.5 Å². The molecule has 1 saturated heterocycles. The number of halogens is 1. The van der Waals surface area contributed by atoms with Gasteiger partial charge in [-0.2, -0.15) is 0 Å². The standard InChI is InChI=1S/C17H10BrN3O6/c18-10-1-3-11(4-2-10)20-17(23)12(16(22)19-20)5-9-6-14-15(27-8-26-14)7-13(9)21(24)25/h1-7H,8H2,(H,19,22). The van der Waals surface area contributed by atoms with Crippen molar-refractivity contribution in [3.05, 3.63) is 62.1 Å². The van der Waals surface area contributed by atoms with Gasteiger partial charge in [-0.15, -0.1) is 0 Å². The zero-order valence-corrected chi connectivity index (χ0v) is 15.1. The fraction of sp³-hybridized carbons (Fsp3) is 0.0588. The predicted octanol–water partition coefficient (Wildman–Crippen LogP) is 2.55. The summed E-state index contributed by atoms with van der Waals surface area (Å²) < 4.78 is 11.2. The Labute approximate surface area is 160 Å². The molecule has 0 bridgehead atoms. The van der Waals surface area contributed by atoms with Gasteiger partial charge in [0.05, 0.1) is 22.2 Å². The first kappa shape index (κ1) is 17.0. The van der Waals surface area contributed by atoms with Gasteiger partial charge < -0.3 is 9.47 Å². The van der Waals surface area contributed by atoms with Crippen molar-refractivity contribution in [1.29, 1.82) is 0 Å². The maximum absolute atomic E-state index is 12.7. The minimum absolute atomic E-state index is 0.0523. The third-order valence-electron chi connectivity index (χ3n) is 3.99. The van der Waals surface area contributed by atoms with Gasteiger partial charge in [-0.05, 0) is 36.4 Å². The molecular formula is C17H10BrN3O6. The Kier molecular flexibility index (Phi) is 4.04. The summed E-state index contributed by atoms with van der Waals surface area (Å²) in [6, 6.07) is 9.32. The van der Waals surface area contributed by atoms with Crippen molar-refractivity contribution in [1.82, 2.24) is 5.43 Å². The maximum atomic E-state index is 12.7. The number of hydrogen-bond acceptors (Lipinski definition) is 6. The zero-order chi connectivity index (χ0) is 19.1. The smallest absolute Gasteiger partial charge is 0.282 e. The first-order valence-corrected chi connectivity index (χ1v) is 8.44. The van der Waals surface area contributed by atoms with Crippen LogP contribution in [0.25, 0.3) is 6.08 Å². The van der Waals surface area contributed by atoms with Crippen LogP contribution in [0.1, 0.15) is 5.56 Å². The molecule has 10 heteroatoms. The number of hydrogen-bond donors (Lipinski definition) is 1. The third kappa shape index (κ3) is 2.99. The molecule has 2 amide bonds. The normalized spacial score (nSPS) is 16.8. The summed E-state index contributed by atoms with van der Waals surface area (Å²) in [7, 11) is 0. The largest absolute Gasteiger partial charge is 0.454 e. The van der Waals surface area contributed by atoms with E-state index in [0.717, 1.165) is 9.48 Å². The number of nitrogens with one attached hydrogen (secondary N) is 1. The number of fused-ring (bicyclic) bond motifs is 1. The summed E-state index contributed by atoms with van der Waals surface area (Å²) in [5.41, 5.74) is 2.46. The van der Waals surface area contributed by atoms with E-state index in [1.54, 1.807) is 24.3 Å². The first-order chi connectivity index (χ1) is 12.9. The number of carbonyl (C=O) groups excluding carboxylic acids is 2. The molecule has 9 nitrogen and oxygen atoms in total. The molecule has 2 aliphatic rings. The van der Waals surface area contributed by atoms with Crippen LogP contribution in [0.3, 0.4) is 0 Å². The highest BCUT2D eigenvalue weighted by molar-refractivity contribution is 9.10. The summed E-state index contributed by atoms with van der Waals surface area (Å²) in [6.07, 6.45) is 1.18. The average molecular weight is 432 g/mol. The molecule has 2 aromatic carbocycles. The predicted molar refractivity (Wildman–Crippen MR) is 97.0 cm³/mol. The number of benzene rings is 2. The fourth-order valence-corrected chi connectivity index (χ4v) is 2.97. The summed E-state index contributed by atoms with van der Waals surface area (Å²) in [6.45, 7) is -0.0523. The first-order valence-electron chi connectivity index (χ1n) is 7.65. The molecule has 27 heavy (non-hydrogen) atoms. The second kappa shape index (κ2) is 6.40. The number of carbonyl (C=O) groups is 2. The molecule has 4 rings (SSSR count). The highest BCUT2D eigenvalue weighted by atomic mass is 79.9. The van der Waals surface area contributed by atoms with Crippen molar-refractivity contribution in [3.63, 3.8) is 0 Å². The Morgan fingerprint density at radius 1 is 1.15 bits per heavy atom. The lowest BCUT2D eigenvalue weighted by Crippen LogP contribution is -2.35. The van der Waals surface area contributed by atoms with E-state index in [1.807, 2.05) is 0 Å². The average Bonchev–Trinajstić information content (AvgIpc) is 3.20. The van der Waals surface area contributed by atoms with Crippen LogP contribution >= 0.6 is 15.9 Å². The van der Waals surface area contributed by atoms with E-state index in [9.17, 15) is 19.7 Å². The van der Waals surface area contributed by atoms with Gasteiger partial charge in [0.15, 0.2) is 11.5 Å². The van der Waals surface area contributed by atoms with Crippen LogP contribution < -0.4 is 19.9 Å². The molecule has 136 valence electrons. The monoisotopic (exact) mass is 431 g/mol. The van der Waals surface area contributed by atoms with Crippen LogP contribution in [0, 0.1) is 10.1 Å². The van der Waals surface area contributed by atoms with E-state index in [1.165, 1.54) is 18.2 Å². The lowest BCUT2D eigenvalue weighted by molar-refractivity contribution is -0.385. The van der Waals surface area contributed by atoms with Gasteiger partial charge in [0.2, 0.25) is 6.79 Å². The SMILES string of the molecule is O=C1NN(c2ccc(Br)cc2)C(=O)C1=Cc1cc2c(cc1[N+](=O)[O-])OCO2. The molecule has 0 aliphatic carbocycles. The lowest BCUT2D eigenvalue weighted by atomic mass is 10.1. The summed E-state index contributed by atoms with van der Waals surface area (Å²) in [5.74, 6) is -0.727. The lowest BCUT2D eigenvalue weighted by Gasteiger charge is -2.14. The fourth-order valence-electron chi connectivity index (χ4n) is 2.71. The Bertz CT molecular complexity index is 1020. The van der Waals surface area contributed by atoms with Gasteiger partial charge in [-0.3, -0.25) is 25.1 Å². The Balaban J connectivity index is 1.74. The van der Waals surface area contributed by atoms with Crippen molar-refractivity contribution in [2.45, 2.75) is 0 Å². The molecule has 0 aromatic heterocycles. The molecule has 2 aliphatic heterocycles. The molecule has 1 fully saturated rings. The number of nitro benzene ring substituents is 1. The minimum Gasteiger partial charge on any atom is -0.454 e. The number of nitrogens with zero attached hydrogens (tertiary/aromatic N) is 2. The number of amides is 2.